The number of hydrogen-bond donors (Lipinski definition) is 1. The molecule has 0 atom stereocenters. The van der Waals surface area contributed by atoms with Gasteiger partial charge in [0.2, 0.25) is 5.13 Å². The van der Waals surface area contributed by atoms with E-state index in [2.05, 4.69) is 45.3 Å². The maximum atomic E-state index is 13.0. The van der Waals surface area contributed by atoms with Gasteiger partial charge in [0.25, 0.3) is 5.56 Å². The molecule has 158 valence electrons. The molecular formula is C24H25N5OS. The lowest BCUT2D eigenvalue weighted by atomic mass is 10.0. The van der Waals surface area contributed by atoms with E-state index in [1.54, 1.807) is 6.21 Å². The second kappa shape index (κ2) is 8.61. The van der Waals surface area contributed by atoms with Crippen LogP contribution in [0.3, 0.4) is 0 Å². The standard InChI is InChI=1S/C24H25N5OS/c1-17-20(23(30)29(27-17)24-26-21-9-5-6-10-22(21)31-24)15-25-19-11-13-28(14-12-19)16-18-7-3-2-4-8-18/h2-10,15,19,27H,11-14,16H2,1H3. The molecule has 2 aromatic heterocycles. The highest BCUT2D eigenvalue weighted by molar-refractivity contribution is 7.20. The van der Waals surface area contributed by atoms with Crippen molar-refractivity contribution in [2.75, 3.05) is 13.1 Å². The summed E-state index contributed by atoms with van der Waals surface area (Å²) in [4.78, 5) is 24.8. The highest BCUT2D eigenvalue weighted by atomic mass is 32.1. The summed E-state index contributed by atoms with van der Waals surface area (Å²) in [5, 5.41) is 3.82. The zero-order chi connectivity index (χ0) is 21.2. The molecule has 0 radical (unpaired) electrons. The molecule has 0 spiro atoms. The van der Waals surface area contributed by atoms with Crippen molar-refractivity contribution in [3.8, 4) is 5.13 Å². The zero-order valence-corrected chi connectivity index (χ0v) is 18.3. The molecular weight excluding hydrogens is 406 g/mol. The van der Waals surface area contributed by atoms with Crippen LogP contribution in [0.15, 0.2) is 64.4 Å². The average Bonchev–Trinajstić information content (AvgIpc) is 3.34. The highest BCUT2D eigenvalue weighted by Gasteiger charge is 2.19. The summed E-state index contributed by atoms with van der Waals surface area (Å²) in [6.45, 7) is 4.95. The SMILES string of the molecule is Cc1[nH]n(-c2nc3ccccc3s2)c(=O)c1C=NC1CCN(Cc2ccccc2)CC1. The van der Waals surface area contributed by atoms with Crippen LogP contribution in [0.2, 0.25) is 0 Å². The molecule has 0 unspecified atom stereocenters. The van der Waals surface area contributed by atoms with Crippen LogP contribution in [0, 0.1) is 6.92 Å². The number of benzene rings is 2. The lowest BCUT2D eigenvalue weighted by molar-refractivity contribution is 0.206. The van der Waals surface area contributed by atoms with Gasteiger partial charge in [-0.3, -0.25) is 19.8 Å². The minimum absolute atomic E-state index is 0.0955. The summed E-state index contributed by atoms with van der Waals surface area (Å²) in [5.41, 5.74) is 3.59. The highest BCUT2D eigenvalue weighted by Crippen LogP contribution is 2.23. The zero-order valence-electron chi connectivity index (χ0n) is 17.5. The first-order valence-electron chi connectivity index (χ1n) is 10.6. The summed E-state index contributed by atoms with van der Waals surface area (Å²) in [6.07, 6.45) is 3.78. The predicted octanol–water partition coefficient (Wildman–Crippen LogP) is 4.17. The number of aromatic amines is 1. The largest absolute Gasteiger partial charge is 0.299 e. The van der Waals surface area contributed by atoms with E-state index in [4.69, 9.17) is 4.99 Å². The molecule has 1 aliphatic heterocycles. The Morgan fingerprint density at radius 3 is 2.65 bits per heavy atom. The van der Waals surface area contributed by atoms with Gasteiger partial charge in [0.1, 0.15) is 0 Å². The molecule has 6 nitrogen and oxygen atoms in total. The van der Waals surface area contributed by atoms with Gasteiger partial charge in [-0.25, -0.2) is 4.98 Å². The van der Waals surface area contributed by atoms with Gasteiger partial charge >= 0.3 is 0 Å². The van der Waals surface area contributed by atoms with Crippen molar-refractivity contribution in [3.63, 3.8) is 0 Å². The van der Waals surface area contributed by atoms with Crippen LogP contribution in [-0.4, -0.2) is 45.0 Å². The third kappa shape index (κ3) is 4.24. The Balaban J connectivity index is 1.27. The molecule has 0 amide bonds. The van der Waals surface area contributed by atoms with Crippen molar-refractivity contribution < 1.29 is 0 Å². The van der Waals surface area contributed by atoms with Crippen molar-refractivity contribution >= 4 is 27.8 Å². The maximum absolute atomic E-state index is 13.0. The molecule has 3 heterocycles. The number of likely N-dealkylation sites (tertiary alicyclic amines) is 1. The van der Waals surface area contributed by atoms with Gasteiger partial charge in [-0.15, -0.1) is 0 Å². The van der Waals surface area contributed by atoms with Gasteiger partial charge in [-0.05, 0) is 37.5 Å². The minimum atomic E-state index is -0.0955. The van der Waals surface area contributed by atoms with Crippen LogP contribution in [0.5, 0.6) is 0 Å². The van der Waals surface area contributed by atoms with E-state index in [0.717, 1.165) is 48.4 Å². The summed E-state index contributed by atoms with van der Waals surface area (Å²) in [7, 11) is 0. The van der Waals surface area contributed by atoms with Gasteiger partial charge in [-0.1, -0.05) is 53.8 Å². The van der Waals surface area contributed by atoms with Crippen molar-refractivity contribution in [2.45, 2.75) is 32.4 Å². The van der Waals surface area contributed by atoms with E-state index in [0.29, 0.717) is 10.7 Å². The van der Waals surface area contributed by atoms with Crippen molar-refractivity contribution in [1.29, 1.82) is 0 Å². The number of nitrogens with zero attached hydrogens (tertiary/aromatic N) is 4. The quantitative estimate of drug-likeness (QED) is 0.483. The topological polar surface area (TPSA) is 66.3 Å². The van der Waals surface area contributed by atoms with E-state index < -0.39 is 0 Å². The predicted molar refractivity (Wildman–Crippen MR) is 127 cm³/mol. The second-order valence-electron chi connectivity index (χ2n) is 8.03. The molecule has 0 saturated carbocycles. The van der Waals surface area contributed by atoms with Crippen LogP contribution in [0.4, 0.5) is 0 Å². The average molecular weight is 432 g/mol. The Morgan fingerprint density at radius 2 is 1.87 bits per heavy atom. The molecule has 7 heteroatoms. The van der Waals surface area contributed by atoms with E-state index in [1.807, 2.05) is 31.2 Å². The Kier molecular flexibility index (Phi) is 5.53. The van der Waals surface area contributed by atoms with Crippen LogP contribution in [0.25, 0.3) is 15.3 Å². The molecule has 31 heavy (non-hydrogen) atoms. The second-order valence-corrected chi connectivity index (χ2v) is 9.04. The van der Waals surface area contributed by atoms with Crippen LogP contribution >= 0.6 is 11.3 Å². The number of aromatic nitrogens is 3. The fraction of sp³-hybridized carbons (Fsp3) is 0.292. The fourth-order valence-electron chi connectivity index (χ4n) is 4.05. The Bertz CT molecular complexity index is 1230. The number of hydrogen-bond acceptors (Lipinski definition) is 5. The number of aliphatic imine (C=N–C) groups is 1. The summed E-state index contributed by atoms with van der Waals surface area (Å²) >= 11 is 1.50. The van der Waals surface area contributed by atoms with Crippen LogP contribution < -0.4 is 5.56 Å². The maximum Gasteiger partial charge on any atom is 0.282 e. The summed E-state index contributed by atoms with van der Waals surface area (Å²) in [6, 6.07) is 18.8. The number of fused-ring (bicyclic) bond motifs is 1. The van der Waals surface area contributed by atoms with E-state index in [1.165, 1.54) is 21.6 Å². The molecule has 1 aliphatic rings. The van der Waals surface area contributed by atoms with Gasteiger partial charge in [-0.2, -0.15) is 4.68 Å². The molecule has 5 rings (SSSR count). The molecule has 0 aliphatic carbocycles. The molecule has 1 N–H and O–H groups in total. The summed E-state index contributed by atoms with van der Waals surface area (Å²) in [5.74, 6) is 0. The number of rotatable bonds is 5. The normalized spacial score (nSPS) is 15.9. The smallest absolute Gasteiger partial charge is 0.282 e. The van der Waals surface area contributed by atoms with E-state index in [-0.39, 0.29) is 11.6 Å². The van der Waals surface area contributed by atoms with Crippen molar-refractivity contribution in [2.24, 2.45) is 4.99 Å². The number of aryl methyl sites for hydroxylation is 1. The number of para-hydroxylation sites is 1. The van der Waals surface area contributed by atoms with Gasteiger partial charge < -0.3 is 0 Å². The molecule has 1 saturated heterocycles. The Morgan fingerprint density at radius 1 is 1.13 bits per heavy atom. The van der Waals surface area contributed by atoms with Crippen LogP contribution in [-0.2, 0) is 6.54 Å². The molecule has 1 fully saturated rings. The van der Waals surface area contributed by atoms with E-state index in [9.17, 15) is 4.79 Å². The van der Waals surface area contributed by atoms with Gasteiger partial charge in [0, 0.05) is 31.5 Å². The molecule has 0 bridgehead atoms. The fourth-order valence-corrected chi connectivity index (χ4v) is 4.98. The first kappa shape index (κ1) is 19.9. The molecule has 2 aromatic carbocycles. The monoisotopic (exact) mass is 431 g/mol. The minimum Gasteiger partial charge on any atom is -0.299 e. The van der Waals surface area contributed by atoms with E-state index >= 15 is 0 Å². The van der Waals surface area contributed by atoms with Crippen LogP contribution in [0.1, 0.15) is 29.7 Å². The lowest BCUT2D eigenvalue weighted by Gasteiger charge is -2.30. The number of thiazole rings is 1. The van der Waals surface area contributed by atoms with Gasteiger partial charge in [0.05, 0.1) is 21.8 Å². The van der Waals surface area contributed by atoms with Crippen molar-refractivity contribution in [3.05, 3.63) is 81.8 Å². The summed E-state index contributed by atoms with van der Waals surface area (Å²) < 4.78 is 2.60. The number of piperidine rings is 1. The Hall–Kier alpha value is -3.03. The van der Waals surface area contributed by atoms with Crippen molar-refractivity contribution in [1.82, 2.24) is 19.7 Å². The first-order valence-corrected chi connectivity index (χ1v) is 11.5. The van der Waals surface area contributed by atoms with Gasteiger partial charge in [0.15, 0.2) is 0 Å². The first-order chi connectivity index (χ1) is 15.2. The number of nitrogens with one attached hydrogen (secondary N) is 1. The number of H-pyrrole nitrogens is 1. The molecule has 4 aromatic rings. The lowest BCUT2D eigenvalue weighted by Crippen LogP contribution is -2.34. The third-order valence-corrected chi connectivity index (χ3v) is 6.83. The third-order valence-electron chi connectivity index (χ3n) is 5.81. The Labute approximate surface area is 184 Å².